The van der Waals surface area contributed by atoms with E-state index < -0.39 is 7.82 Å². The molecule has 0 atom stereocenters. The van der Waals surface area contributed by atoms with Gasteiger partial charge in [0.1, 0.15) is 12.4 Å². The van der Waals surface area contributed by atoms with E-state index in [0.29, 0.717) is 26.4 Å². The maximum absolute atomic E-state index is 11.5. The summed E-state index contributed by atoms with van der Waals surface area (Å²) in [5.41, 5.74) is 0. The Bertz CT molecular complexity index is 339. The van der Waals surface area contributed by atoms with Crippen LogP contribution in [0, 0.1) is 0 Å². The summed E-state index contributed by atoms with van der Waals surface area (Å²) in [6.07, 6.45) is 1.58. The average Bonchev–Trinajstić information content (AvgIpc) is 2.89. The molecule has 1 saturated heterocycles. The van der Waals surface area contributed by atoms with E-state index in [1.165, 1.54) is 0 Å². The zero-order valence-electron chi connectivity index (χ0n) is 8.66. The van der Waals surface area contributed by atoms with E-state index in [0.717, 1.165) is 5.76 Å². The molecule has 0 radical (unpaired) electrons. The molecule has 1 aromatic heterocycles. The SMILES string of the molecule is O=P1(OCCOCc2ccco2)OCCO1. The van der Waals surface area contributed by atoms with E-state index in [9.17, 15) is 4.57 Å². The van der Waals surface area contributed by atoms with Crippen molar-refractivity contribution in [2.45, 2.75) is 6.61 Å². The second kappa shape index (κ2) is 5.61. The lowest BCUT2D eigenvalue weighted by atomic mass is 10.5. The third kappa shape index (κ3) is 3.43. The molecule has 1 fully saturated rings. The van der Waals surface area contributed by atoms with Crippen LogP contribution in [0.15, 0.2) is 22.8 Å². The van der Waals surface area contributed by atoms with Gasteiger partial charge in [-0.2, -0.15) is 0 Å². The Morgan fingerprint density at radius 2 is 2.12 bits per heavy atom. The second-order valence-corrected chi connectivity index (χ2v) is 4.75. The van der Waals surface area contributed by atoms with Crippen molar-refractivity contribution in [3.63, 3.8) is 0 Å². The fourth-order valence-electron chi connectivity index (χ4n) is 1.19. The minimum Gasteiger partial charge on any atom is -0.467 e. The summed E-state index contributed by atoms with van der Waals surface area (Å²) in [5.74, 6) is 0.736. The Hall–Kier alpha value is -0.650. The van der Waals surface area contributed by atoms with Crippen LogP contribution in [-0.4, -0.2) is 26.4 Å². The van der Waals surface area contributed by atoms with Crippen LogP contribution < -0.4 is 0 Å². The quantitative estimate of drug-likeness (QED) is 0.566. The topological polar surface area (TPSA) is 67.1 Å². The first-order valence-corrected chi connectivity index (χ1v) is 6.38. The summed E-state index contributed by atoms with van der Waals surface area (Å²) in [4.78, 5) is 0. The molecular formula is C9H13O6P. The predicted octanol–water partition coefficient (Wildman–Crippen LogP) is 1.97. The van der Waals surface area contributed by atoms with Crippen LogP contribution in [0.4, 0.5) is 0 Å². The normalized spacial score (nSPS) is 19.0. The summed E-state index contributed by atoms with van der Waals surface area (Å²) in [6.45, 7) is 1.45. The number of furan rings is 1. The standard InChI is InChI=1S/C9H13O6P/c10-16(14-6-7-15-16)13-5-4-11-8-9-2-1-3-12-9/h1-3H,4-8H2. The predicted molar refractivity (Wildman–Crippen MR) is 53.8 cm³/mol. The first-order valence-electron chi connectivity index (χ1n) is 4.92. The molecule has 2 rings (SSSR count). The summed E-state index contributed by atoms with van der Waals surface area (Å²) in [7, 11) is -3.27. The molecule has 90 valence electrons. The molecule has 0 aliphatic carbocycles. The van der Waals surface area contributed by atoms with E-state index in [-0.39, 0.29) is 6.61 Å². The Balaban J connectivity index is 1.57. The number of phosphoric ester groups is 1. The van der Waals surface area contributed by atoms with E-state index in [1.54, 1.807) is 12.3 Å². The van der Waals surface area contributed by atoms with Gasteiger partial charge in [-0.05, 0) is 12.1 Å². The van der Waals surface area contributed by atoms with E-state index >= 15 is 0 Å². The van der Waals surface area contributed by atoms with Gasteiger partial charge in [-0.25, -0.2) is 4.57 Å². The van der Waals surface area contributed by atoms with Crippen LogP contribution in [-0.2, 0) is 29.5 Å². The van der Waals surface area contributed by atoms with Crippen LogP contribution in [0.3, 0.4) is 0 Å². The van der Waals surface area contributed by atoms with Gasteiger partial charge in [-0.15, -0.1) is 0 Å². The van der Waals surface area contributed by atoms with Gasteiger partial charge in [0.25, 0.3) is 0 Å². The smallest absolute Gasteiger partial charge is 0.467 e. The van der Waals surface area contributed by atoms with Crippen LogP contribution in [0.5, 0.6) is 0 Å². The highest BCUT2D eigenvalue weighted by Gasteiger charge is 2.31. The maximum atomic E-state index is 11.5. The molecule has 1 aliphatic heterocycles. The molecule has 0 unspecified atom stereocenters. The molecule has 0 bridgehead atoms. The number of hydrogen-bond donors (Lipinski definition) is 0. The molecule has 16 heavy (non-hydrogen) atoms. The molecule has 0 spiro atoms. The number of phosphoric acid groups is 1. The van der Waals surface area contributed by atoms with Crippen LogP contribution in [0.1, 0.15) is 5.76 Å². The largest absolute Gasteiger partial charge is 0.475 e. The van der Waals surface area contributed by atoms with E-state index in [4.69, 9.17) is 22.7 Å². The molecule has 0 aromatic carbocycles. The van der Waals surface area contributed by atoms with Gasteiger partial charge in [0.2, 0.25) is 0 Å². The third-order valence-electron chi connectivity index (χ3n) is 1.88. The zero-order chi connectivity index (χ0) is 11.3. The van der Waals surface area contributed by atoms with Crippen molar-refractivity contribution < 1.29 is 27.3 Å². The van der Waals surface area contributed by atoms with Crippen molar-refractivity contribution >= 4 is 7.82 Å². The van der Waals surface area contributed by atoms with Crippen LogP contribution in [0.2, 0.25) is 0 Å². The van der Waals surface area contributed by atoms with E-state index in [2.05, 4.69) is 0 Å². The molecular weight excluding hydrogens is 235 g/mol. The lowest BCUT2D eigenvalue weighted by Crippen LogP contribution is -2.03. The fourth-order valence-corrected chi connectivity index (χ4v) is 2.30. The lowest BCUT2D eigenvalue weighted by Gasteiger charge is -2.09. The van der Waals surface area contributed by atoms with Crippen LogP contribution >= 0.6 is 7.82 Å². The van der Waals surface area contributed by atoms with Gasteiger partial charge in [-0.3, -0.25) is 13.6 Å². The molecule has 1 aromatic rings. The molecule has 0 N–H and O–H groups in total. The molecule has 6 nitrogen and oxygen atoms in total. The van der Waals surface area contributed by atoms with Crippen molar-refractivity contribution in [3.05, 3.63) is 24.2 Å². The minimum absolute atomic E-state index is 0.165. The van der Waals surface area contributed by atoms with Crippen molar-refractivity contribution in [2.75, 3.05) is 26.4 Å². The third-order valence-corrected chi connectivity index (χ3v) is 3.38. The summed E-state index contributed by atoms with van der Waals surface area (Å²) in [5, 5.41) is 0. The Morgan fingerprint density at radius 3 is 2.81 bits per heavy atom. The molecule has 7 heteroatoms. The second-order valence-electron chi connectivity index (χ2n) is 3.08. The zero-order valence-corrected chi connectivity index (χ0v) is 9.56. The van der Waals surface area contributed by atoms with Gasteiger partial charge < -0.3 is 9.15 Å². The highest BCUT2D eigenvalue weighted by molar-refractivity contribution is 7.48. The molecule has 1 aliphatic rings. The Labute approximate surface area is 93.0 Å². The maximum Gasteiger partial charge on any atom is 0.475 e. The van der Waals surface area contributed by atoms with Gasteiger partial charge >= 0.3 is 7.82 Å². The monoisotopic (exact) mass is 248 g/mol. The summed E-state index contributed by atoms with van der Waals surface area (Å²) in [6, 6.07) is 3.60. The lowest BCUT2D eigenvalue weighted by molar-refractivity contribution is 0.0668. The van der Waals surface area contributed by atoms with Crippen LogP contribution in [0.25, 0.3) is 0 Å². The first-order chi connectivity index (χ1) is 7.79. The first kappa shape index (κ1) is 11.8. The average molecular weight is 248 g/mol. The highest BCUT2D eigenvalue weighted by atomic mass is 31.2. The molecule has 0 saturated carbocycles. The van der Waals surface area contributed by atoms with Crippen molar-refractivity contribution in [3.8, 4) is 0 Å². The highest BCUT2D eigenvalue weighted by Crippen LogP contribution is 2.52. The van der Waals surface area contributed by atoms with Gasteiger partial charge in [0, 0.05) is 0 Å². The van der Waals surface area contributed by atoms with Crippen molar-refractivity contribution in [1.29, 1.82) is 0 Å². The minimum atomic E-state index is -3.27. The van der Waals surface area contributed by atoms with Gasteiger partial charge in [0.05, 0.1) is 32.7 Å². The van der Waals surface area contributed by atoms with E-state index in [1.807, 2.05) is 6.07 Å². The fraction of sp³-hybridized carbons (Fsp3) is 0.556. The molecule has 0 amide bonds. The number of ether oxygens (including phenoxy) is 1. The van der Waals surface area contributed by atoms with Crippen molar-refractivity contribution in [2.24, 2.45) is 0 Å². The number of rotatable bonds is 6. The summed E-state index contributed by atoms with van der Waals surface area (Å²) >= 11 is 0. The number of hydrogen-bond acceptors (Lipinski definition) is 6. The molecule has 2 heterocycles. The summed E-state index contributed by atoms with van der Waals surface area (Å²) < 4.78 is 36.4. The van der Waals surface area contributed by atoms with Gasteiger partial charge in [0.15, 0.2) is 0 Å². The van der Waals surface area contributed by atoms with Crippen molar-refractivity contribution in [1.82, 2.24) is 0 Å². The Kier molecular flexibility index (Phi) is 4.15. The van der Waals surface area contributed by atoms with Gasteiger partial charge in [-0.1, -0.05) is 0 Å². The Morgan fingerprint density at radius 1 is 1.31 bits per heavy atom.